The van der Waals surface area contributed by atoms with Crippen LogP contribution >= 0.6 is 46.3 Å². The summed E-state index contributed by atoms with van der Waals surface area (Å²) in [6, 6.07) is 3.59. The fraction of sp³-hybridized carbons (Fsp3) is 0. The van der Waals surface area contributed by atoms with E-state index in [1.54, 1.807) is 6.07 Å². The minimum Gasteiger partial charge on any atom is -0.180 e. The van der Waals surface area contributed by atoms with Crippen molar-refractivity contribution in [2.24, 2.45) is 0 Å². The summed E-state index contributed by atoms with van der Waals surface area (Å²) >= 11 is 18.8. The zero-order valence-electron chi connectivity index (χ0n) is 5.64. The zero-order valence-corrected chi connectivity index (χ0v) is 8.73. The lowest BCUT2D eigenvalue weighted by Gasteiger charge is -1.95. The molecule has 0 unspecified atom stereocenters. The van der Waals surface area contributed by atoms with E-state index in [0.29, 0.717) is 15.2 Å². The van der Waals surface area contributed by atoms with Gasteiger partial charge in [-0.3, -0.25) is 0 Å². The van der Waals surface area contributed by atoms with E-state index < -0.39 is 0 Å². The Kier molecular flexibility index (Phi) is 2.17. The highest BCUT2D eigenvalue weighted by Crippen LogP contribution is 2.36. The molecular formula is C7H2Cl3NS. The Bertz CT molecular complexity index is 437. The summed E-state index contributed by atoms with van der Waals surface area (Å²) in [5, 5.41) is 2.15. The fourth-order valence-corrected chi connectivity index (χ4v) is 2.50. The van der Waals surface area contributed by atoms with Gasteiger partial charge >= 0.3 is 0 Å². The van der Waals surface area contributed by atoms with Gasteiger partial charge in [-0.25, -0.2) is 0 Å². The van der Waals surface area contributed by atoms with Crippen LogP contribution in [-0.4, -0.2) is 4.37 Å². The Morgan fingerprint density at radius 1 is 1.17 bits per heavy atom. The van der Waals surface area contributed by atoms with Gasteiger partial charge in [-0.05, 0) is 23.7 Å². The van der Waals surface area contributed by atoms with Crippen molar-refractivity contribution in [1.29, 1.82) is 0 Å². The molecule has 0 N–H and O–H groups in total. The average Bonchev–Trinajstić information content (AvgIpc) is 2.41. The Morgan fingerprint density at radius 2 is 1.92 bits per heavy atom. The van der Waals surface area contributed by atoms with E-state index in [-0.39, 0.29) is 0 Å². The van der Waals surface area contributed by atoms with Gasteiger partial charge in [-0.15, -0.1) is 0 Å². The molecule has 12 heavy (non-hydrogen) atoms. The van der Waals surface area contributed by atoms with E-state index in [1.807, 2.05) is 6.07 Å². The number of fused-ring (bicyclic) bond motifs is 1. The lowest BCUT2D eigenvalue weighted by atomic mass is 10.3. The Hall–Kier alpha value is -0.0200. The van der Waals surface area contributed by atoms with Gasteiger partial charge in [0.2, 0.25) is 0 Å². The van der Waals surface area contributed by atoms with Gasteiger partial charge in [-0.2, -0.15) is 4.37 Å². The Labute approximate surface area is 88.0 Å². The third-order valence-electron chi connectivity index (χ3n) is 1.49. The van der Waals surface area contributed by atoms with E-state index in [0.717, 1.165) is 10.1 Å². The first-order valence-electron chi connectivity index (χ1n) is 3.09. The lowest BCUT2D eigenvalue weighted by Crippen LogP contribution is -1.70. The van der Waals surface area contributed by atoms with Gasteiger partial charge < -0.3 is 0 Å². The van der Waals surface area contributed by atoms with Crippen molar-refractivity contribution in [2.45, 2.75) is 0 Å². The largest absolute Gasteiger partial charge is 0.180 e. The molecular weight excluding hydrogens is 237 g/mol. The van der Waals surface area contributed by atoms with Crippen molar-refractivity contribution in [2.75, 3.05) is 0 Å². The van der Waals surface area contributed by atoms with Crippen LogP contribution in [-0.2, 0) is 0 Å². The van der Waals surface area contributed by atoms with E-state index >= 15 is 0 Å². The second-order valence-electron chi connectivity index (χ2n) is 2.21. The summed E-state index contributed by atoms with van der Waals surface area (Å²) in [7, 11) is 0. The second-order valence-corrected chi connectivity index (χ2v) is 4.16. The smallest absolute Gasteiger partial charge is 0.152 e. The Morgan fingerprint density at radius 3 is 2.67 bits per heavy atom. The van der Waals surface area contributed by atoms with Crippen molar-refractivity contribution >= 4 is 56.4 Å². The van der Waals surface area contributed by atoms with Gasteiger partial charge in [0.05, 0.1) is 20.1 Å². The fourth-order valence-electron chi connectivity index (χ4n) is 0.936. The molecule has 0 amide bonds. The molecule has 1 nitrogen and oxygen atoms in total. The quantitative estimate of drug-likeness (QED) is 0.668. The summed E-state index contributed by atoms with van der Waals surface area (Å²) in [4.78, 5) is 0. The van der Waals surface area contributed by atoms with Gasteiger partial charge in [0.1, 0.15) is 0 Å². The average molecular weight is 239 g/mol. The highest BCUT2D eigenvalue weighted by molar-refractivity contribution is 7.14. The van der Waals surface area contributed by atoms with Crippen LogP contribution in [0.3, 0.4) is 0 Å². The molecule has 0 saturated carbocycles. The minimum atomic E-state index is 0.419. The molecule has 0 saturated heterocycles. The first kappa shape index (κ1) is 8.57. The molecule has 0 aliphatic heterocycles. The van der Waals surface area contributed by atoms with Crippen molar-refractivity contribution in [3.63, 3.8) is 0 Å². The summed E-state index contributed by atoms with van der Waals surface area (Å²) in [6.07, 6.45) is 0. The van der Waals surface area contributed by atoms with Gasteiger partial charge in [0.25, 0.3) is 0 Å². The van der Waals surface area contributed by atoms with E-state index in [4.69, 9.17) is 34.8 Å². The second kappa shape index (κ2) is 3.04. The van der Waals surface area contributed by atoms with E-state index in [2.05, 4.69) is 4.37 Å². The third kappa shape index (κ3) is 1.19. The van der Waals surface area contributed by atoms with Crippen LogP contribution < -0.4 is 0 Å². The normalized spacial score (nSPS) is 10.9. The molecule has 0 aliphatic rings. The lowest BCUT2D eigenvalue weighted by molar-refractivity contribution is 1.60. The summed E-state index contributed by atoms with van der Waals surface area (Å²) in [5.41, 5.74) is 0. The molecule has 0 aliphatic carbocycles. The molecule has 0 spiro atoms. The van der Waals surface area contributed by atoms with Crippen molar-refractivity contribution < 1.29 is 0 Å². The summed E-state index contributed by atoms with van der Waals surface area (Å²) < 4.78 is 4.91. The number of halogens is 3. The summed E-state index contributed by atoms with van der Waals surface area (Å²) in [5.74, 6) is 0. The first-order valence-corrected chi connectivity index (χ1v) is 5.00. The standard InChI is InChI=1S/C7H2Cl3NS/c8-3-1-2-4-5(6(3)9)7(10)11-12-4/h1-2H. The monoisotopic (exact) mass is 237 g/mol. The van der Waals surface area contributed by atoms with Gasteiger partial charge in [0, 0.05) is 0 Å². The predicted molar refractivity (Wildman–Crippen MR) is 54.7 cm³/mol. The molecule has 0 radical (unpaired) electrons. The molecule has 0 atom stereocenters. The van der Waals surface area contributed by atoms with Crippen molar-refractivity contribution in [1.82, 2.24) is 4.37 Å². The summed E-state index contributed by atoms with van der Waals surface area (Å²) in [6.45, 7) is 0. The van der Waals surface area contributed by atoms with Crippen molar-refractivity contribution in [3.8, 4) is 0 Å². The molecule has 1 heterocycles. The first-order chi connectivity index (χ1) is 5.70. The van der Waals surface area contributed by atoms with Crippen LogP contribution in [0.2, 0.25) is 15.2 Å². The number of benzene rings is 1. The predicted octanol–water partition coefficient (Wildman–Crippen LogP) is 4.26. The topological polar surface area (TPSA) is 12.9 Å². The van der Waals surface area contributed by atoms with Crippen LogP contribution in [0.15, 0.2) is 12.1 Å². The molecule has 2 rings (SSSR count). The molecule has 1 aromatic carbocycles. The minimum absolute atomic E-state index is 0.419. The Balaban J connectivity index is 2.96. The highest BCUT2D eigenvalue weighted by atomic mass is 35.5. The molecule has 5 heteroatoms. The third-order valence-corrected chi connectivity index (χ3v) is 3.48. The highest BCUT2D eigenvalue weighted by Gasteiger charge is 2.10. The number of nitrogens with zero attached hydrogens (tertiary/aromatic N) is 1. The van der Waals surface area contributed by atoms with E-state index in [1.165, 1.54) is 11.5 Å². The van der Waals surface area contributed by atoms with Crippen LogP contribution in [0, 0.1) is 0 Å². The van der Waals surface area contributed by atoms with Crippen LogP contribution in [0.25, 0.3) is 10.1 Å². The van der Waals surface area contributed by atoms with Crippen LogP contribution in [0.5, 0.6) is 0 Å². The molecule has 2 aromatic rings. The SMILES string of the molecule is Clc1ccc2snc(Cl)c2c1Cl. The maximum absolute atomic E-state index is 5.92. The maximum Gasteiger partial charge on any atom is 0.152 e. The van der Waals surface area contributed by atoms with Crippen LogP contribution in [0.4, 0.5) is 0 Å². The maximum atomic E-state index is 5.92. The molecule has 0 fully saturated rings. The molecule has 62 valence electrons. The van der Waals surface area contributed by atoms with Gasteiger partial charge in [0.15, 0.2) is 5.15 Å². The number of aromatic nitrogens is 1. The van der Waals surface area contributed by atoms with Crippen LogP contribution in [0.1, 0.15) is 0 Å². The van der Waals surface area contributed by atoms with E-state index in [9.17, 15) is 0 Å². The molecule has 0 bridgehead atoms. The van der Waals surface area contributed by atoms with Gasteiger partial charge in [-0.1, -0.05) is 34.8 Å². The number of rotatable bonds is 0. The number of hydrogen-bond donors (Lipinski definition) is 0. The zero-order chi connectivity index (χ0) is 8.72. The number of hydrogen-bond acceptors (Lipinski definition) is 2. The molecule has 1 aromatic heterocycles. The van der Waals surface area contributed by atoms with Crippen molar-refractivity contribution in [3.05, 3.63) is 27.3 Å².